The van der Waals surface area contributed by atoms with Crippen LogP contribution < -0.4 is 5.32 Å². The molecule has 82 valence electrons. The lowest BCUT2D eigenvalue weighted by molar-refractivity contribution is 0.214. The first kappa shape index (κ1) is 11.2. The van der Waals surface area contributed by atoms with Crippen molar-refractivity contribution >= 4 is 15.9 Å². The highest BCUT2D eigenvalue weighted by molar-refractivity contribution is 9.10. The van der Waals surface area contributed by atoms with Gasteiger partial charge in [0.25, 0.3) is 0 Å². The minimum atomic E-state index is 0.416. The molecule has 1 N–H and O–H groups in total. The van der Waals surface area contributed by atoms with Crippen LogP contribution in [0.2, 0.25) is 0 Å². The number of piperidine rings is 1. The summed E-state index contributed by atoms with van der Waals surface area (Å²) in [5.74, 6) is 0.638. The first-order valence-electron chi connectivity index (χ1n) is 5.56. The van der Waals surface area contributed by atoms with Crippen LogP contribution in [0.4, 0.5) is 0 Å². The van der Waals surface area contributed by atoms with Gasteiger partial charge in [0.1, 0.15) is 0 Å². The summed E-state index contributed by atoms with van der Waals surface area (Å²) in [5.41, 5.74) is 1.87. The minimum absolute atomic E-state index is 0.416. The maximum absolute atomic E-state index is 3.49. The Hall–Kier alpha value is -0.340. The van der Waals surface area contributed by atoms with Crippen LogP contribution in [-0.4, -0.2) is 13.1 Å². The smallest absolute Gasteiger partial charge is 0.0175 e. The predicted molar refractivity (Wildman–Crippen MR) is 68.2 cm³/mol. The fourth-order valence-electron chi connectivity index (χ4n) is 2.37. The summed E-state index contributed by atoms with van der Waals surface area (Å²) in [6.45, 7) is 7.01. The van der Waals surface area contributed by atoms with Crippen molar-refractivity contribution in [2.24, 2.45) is 5.41 Å². The van der Waals surface area contributed by atoms with Crippen LogP contribution in [0.1, 0.15) is 31.7 Å². The van der Waals surface area contributed by atoms with E-state index in [1.54, 1.807) is 0 Å². The molecule has 1 saturated heterocycles. The molecule has 1 fully saturated rings. The van der Waals surface area contributed by atoms with Crippen molar-refractivity contribution in [2.75, 3.05) is 13.1 Å². The van der Waals surface area contributed by atoms with Gasteiger partial charge in [-0.25, -0.2) is 0 Å². The van der Waals surface area contributed by atoms with Crippen molar-refractivity contribution < 1.29 is 0 Å². The van der Waals surface area contributed by atoms with Crippen LogP contribution in [0, 0.1) is 5.41 Å². The van der Waals surface area contributed by atoms with Gasteiger partial charge in [-0.3, -0.25) is 0 Å². The van der Waals surface area contributed by atoms with Crippen LogP contribution in [0.15, 0.2) is 28.7 Å². The van der Waals surface area contributed by atoms with Gasteiger partial charge in [-0.1, -0.05) is 41.9 Å². The summed E-state index contributed by atoms with van der Waals surface area (Å²) < 4.78 is 1.16. The molecule has 1 aromatic carbocycles. The largest absolute Gasteiger partial charge is 0.316 e. The average molecular weight is 268 g/mol. The molecule has 0 amide bonds. The maximum Gasteiger partial charge on any atom is 0.0175 e. The molecule has 15 heavy (non-hydrogen) atoms. The van der Waals surface area contributed by atoms with E-state index in [1.807, 2.05) is 0 Å². The zero-order chi connectivity index (χ0) is 10.9. The quantitative estimate of drug-likeness (QED) is 0.821. The van der Waals surface area contributed by atoms with Crippen LogP contribution in [-0.2, 0) is 0 Å². The van der Waals surface area contributed by atoms with Gasteiger partial charge in [0.15, 0.2) is 0 Å². The maximum atomic E-state index is 3.49. The van der Waals surface area contributed by atoms with E-state index in [0.717, 1.165) is 17.6 Å². The molecule has 1 aromatic rings. The summed E-state index contributed by atoms with van der Waals surface area (Å²) in [6.07, 6.45) is 1.26. The van der Waals surface area contributed by atoms with E-state index in [4.69, 9.17) is 0 Å². The Labute approximate surface area is 100 Å². The van der Waals surface area contributed by atoms with Crippen molar-refractivity contribution in [3.8, 4) is 0 Å². The highest BCUT2D eigenvalue weighted by atomic mass is 79.9. The molecule has 2 rings (SSSR count). The predicted octanol–water partition coefficient (Wildman–Crippen LogP) is 3.55. The first-order chi connectivity index (χ1) is 7.09. The summed E-state index contributed by atoms with van der Waals surface area (Å²) >= 11 is 3.48. The van der Waals surface area contributed by atoms with Crippen molar-refractivity contribution in [2.45, 2.75) is 26.2 Å². The van der Waals surface area contributed by atoms with E-state index >= 15 is 0 Å². The second-order valence-corrected chi connectivity index (χ2v) is 5.96. The standard InChI is InChI=1S/C13H18BrN/c1-13(2)7-8-15-9-12(13)10-3-5-11(14)6-4-10/h3-6,12,15H,7-9H2,1-2H3. The molecule has 0 aliphatic carbocycles. The third kappa shape index (κ3) is 2.43. The fourth-order valence-corrected chi connectivity index (χ4v) is 2.64. The van der Waals surface area contributed by atoms with E-state index in [2.05, 4.69) is 59.4 Å². The lowest BCUT2D eigenvalue weighted by atomic mass is 9.71. The van der Waals surface area contributed by atoms with E-state index in [-0.39, 0.29) is 0 Å². The van der Waals surface area contributed by atoms with Gasteiger partial charge in [0.2, 0.25) is 0 Å². The van der Waals surface area contributed by atoms with Gasteiger partial charge in [0.05, 0.1) is 0 Å². The van der Waals surface area contributed by atoms with Crippen LogP contribution in [0.25, 0.3) is 0 Å². The lowest BCUT2D eigenvalue weighted by Gasteiger charge is -2.39. The molecule has 0 aromatic heterocycles. The molecule has 1 nitrogen and oxygen atoms in total. The number of benzene rings is 1. The number of nitrogens with one attached hydrogen (secondary N) is 1. The van der Waals surface area contributed by atoms with Crippen LogP contribution in [0.5, 0.6) is 0 Å². The monoisotopic (exact) mass is 267 g/mol. The third-order valence-electron chi connectivity index (χ3n) is 3.51. The van der Waals surface area contributed by atoms with E-state index < -0.39 is 0 Å². The first-order valence-corrected chi connectivity index (χ1v) is 6.35. The lowest BCUT2D eigenvalue weighted by Crippen LogP contribution is -2.40. The normalized spacial score (nSPS) is 25.1. The molecule has 2 heteroatoms. The molecule has 0 bridgehead atoms. The third-order valence-corrected chi connectivity index (χ3v) is 4.04. The second-order valence-electron chi connectivity index (χ2n) is 5.05. The highest BCUT2D eigenvalue weighted by Gasteiger charge is 2.32. The Kier molecular flexibility index (Phi) is 3.17. The van der Waals surface area contributed by atoms with Crippen LogP contribution in [0.3, 0.4) is 0 Å². The summed E-state index contributed by atoms with van der Waals surface area (Å²) in [6, 6.07) is 8.76. The Morgan fingerprint density at radius 3 is 2.53 bits per heavy atom. The van der Waals surface area contributed by atoms with Gasteiger partial charge in [-0.2, -0.15) is 0 Å². The van der Waals surface area contributed by atoms with Gasteiger partial charge in [0, 0.05) is 16.9 Å². The van der Waals surface area contributed by atoms with Crippen molar-refractivity contribution in [3.63, 3.8) is 0 Å². The summed E-state index contributed by atoms with van der Waals surface area (Å²) in [4.78, 5) is 0. The van der Waals surface area contributed by atoms with Crippen molar-refractivity contribution in [3.05, 3.63) is 34.3 Å². The summed E-state index contributed by atoms with van der Waals surface area (Å²) in [7, 11) is 0. The number of halogens is 1. The molecule has 1 unspecified atom stereocenters. The Morgan fingerprint density at radius 2 is 1.93 bits per heavy atom. The molecule has 1 aliphatic rings. The molecule has 1 aliphatic heterocycles. The fraction of sp³-hybridized carbons (Fsp3) is 0.538. The topological polar surface area (TPSA) is 12.0 Å². The molecule has 1 heterocycles. The Balaban J connectivity index is 2.25. The molecule has 0 spiro atoms. The van der Waals surface area contributed by atoms with Crippen LogP contribution >= 0.6 is 15.9 Å². The van der Waals surface area contributed by atoms with E-state index in [1.165, 1.54) is 12.0 Å². The number of hydrogen-bond donors (Lipinski definition) is 1. The minimum Gasteiger partial charge on any atom is -0.316 e. The Morgan fingerprint density at radius 1 is 1.27 bits per heavy atom. The molecular weight excluding hydrogens is 250 g/mol. The molecule has 0 radical (unpaired) electrons. The SMILES string of the molecule is CC1(C)CCNCC1c1ccc(Br)cc1. The van der Waals surface area contributed by atoms with Gasteiger partial charge in [-0.15, -0.1) is 0 Å². The summed E-state index contributed by atoms with van der Waals surface area (Å²) in [5, 5.41) is 3.49. The van der Waals surface area contributed by atoms with Crippen molar-refractivity contribution in [1.29, 1.82) is 0 Å². The van der Waals surface area contributed by atoms with E-state index in [0.29, 0.717) is 11.3 Å². The number of hydrogen-bond acceptors (Lipinski definition) is 1. The zero-order valence-corrected chi connectivity index (χ0v) is 11.0. The molecule has 1 atom stereocenters. The van der Waals surface area contributed by atoms with Gasteiger partial charge < -0.3 is 5.32 Å². The van der Waals surface area contributed by atoms with Gasteiger partial charge >= 0.3 is 0 Å². The van der Waals surface area contributed by atoms with Gasteiger partial charge in [-0.05, 0) is 36.1 Å². The number of rotatable bonds is 1. The zero-order valence-electron chi connectivity index (χ0n) is 9.39. The highest BCUT2D eigenvalue weighted by Crippen LogP contribution is 2.40. The molecular formula is C13H18BrN. The van der Waals surface area contributed by atoms with Crippen molar-refractivity contribution in [1.82, 2.24) is 5.32 Å². The van der Waals surface area contributed by atoms with E-state index in [9.17, 15) is 0 Å². The molecule has 0 saturated carbocycles. The Bertz CT molecular complexity index is 329. The second kappa shape index (κ2) is 4.26. The average Bonchev–Trinajstić information content (AvgIpc) is 2.19.